The van der Waals surface area contributed by atoms with E-state index in [1.54, 1.807) is 11.9 Å². The van der Waals surface area contributed by atoms with Crippen molar-refractivity contribution < 1.29 is 19.1 Å². The summed E-state index contributed by atoms with van der Waals surface area (Å²) in [6, 6.07) is 22.8. The van der Waals surface area contributed by atoms with Crippen LogP contribution in [0, 0.1) is 6.92 Å². The highest BCUT2D eigenvalue weighted by atomic mass is 16.5. The number of hydrogen-bond donors (Lipinski definition) is 0. The summed E-state index contributed by atoms with van der Waals surface area (Å²) >= 11 is 0. The van der Waals surface area contributed by atoms with Gasteiger partial charge in [0, 0.05) is 24.7 Å². The molecule has 4 rings (SSSR count). The van der Waals surface area contributed by atoms with Crippen LogP contribution in [0.3, 0.4) is 0 Å². The van der Waals surface area contributed by atoms with Crippen molar-refractivity contribution >= 4 is 11.9 Å². The lowest BCUT2D eigenvalue weighted by atomic mass is 9.88. The van der Waals surface area contributed by atoms with Crippen LogP contribution in [-0.4, -0.2) is 30.4 Å². The maximum atomic E-state index is 13.0. The van der Waals surface area contributed by atoms with Crippen molar-refractivity contribution in [1.82, 2.24) is 4.90 Å². The summed E-state index contributed by atoms with van der Waals surface area (Å²) in [5, 5.41) is 0. The highest BCUT2D eigenvalue weighted by Gasteiger charge is 2.34. The zero-order valence-electron chi connectivity index (χ0n) is 17.0. The average Bonchev–Trinajstić information content (AvgIpc) is 2.77. The van der Waals surface area contributed by atoms with E-state index < -0.39 is 11.9 Å². The number of nitrogens with zero attached hydrogens (tertiary/aromatic N) is 1. The van der Waals surface area contributed by atoms with E-state index in [0.717, 1.165) is 16.7 Å². The second kappa shape index (κ2) is 8.41. The summed E-state index contributed by atoms with van der Waals surface area (Å²) in [5.74, 6) is -0.0869. The van der Waals surface area contributed by atoms with Crippen molar-refractivity contribution in [2.45, 2.75) is 19.4 Å². The zero-order valence-corrected chi connectivity index (χ0v) is 17.0. The number of carbonyl (C=O) groups excluding carboxylic acids is 2. The number of likely N-dealkylation sites (N-methyl/N-ethyl adjacent to an activating group) is 1. The Morgan fingerprint density at radius 1 is 0.900 bits per heavy atom. The first kappa shape index (κ1) is 19.7. The van der Waals surface area contributed by atoms with Crippen LogP contribution < -0.4 is 4.74 Å². The van der Waals surface area contributed by atoms with E-state index in [0.29, 0.717) is 18.0 Å². The van der Waals surface area contributed by atoms with Gasteiger partial charge < -0.3 is 14.4 Å². The number of para-hydroxylation sites is 2. The lowest BCUT2D eigenvalue weighted by Gasteiger charge is -2.27. The van der Waals surface area contributed by atoms with Gasteiger partial charge in [-0.2, -0.15) is 0 Å². The van der Waals surface area contributed by atoms with Crippen LogP contribution in [-0.2, 0) is 20.9 Å². The molecule has 0 atom stereocenters. The quantitative estimate of drug-likeness (QED) is 0.594. The van der Waals surface area contributed by atoms with E-state index in [1.165, 1.54) is 5.56 Å². The molecule has 5 heteroatoms. The van der Waals surface area contributed by atoms with Crippen molar-refractivity contribution in [2.24, 2.45) is 0 Å². The predicted octanol–water partition coefficient (Wildman–Crippen LogP) is 4.43. The molecular weight excluding hydrogens is 378 g/mol. The minimum Gasteiger partial charge on any atom is -0.457 e. The summed E-state index contributed by atoms with van der Waals surface area (Å²) in [6.07, 6.45) is 0. The van der Waals surface area contributed by atoms with Gasteiger partial charge in [0.05, 0.1) is 0 Å². The summed E-state index contributed by atoms with van der Waals surface area (Å²) < 4.78 is 11.4. The summed E-state index contributed by atoms with van der Waals surface area (Å²) in [4.78, 5) is 27.1. The van der Waals surface area contributed by atoms with Crippen LogP contribution in [0.5, 0.6) is 11.5 Å². The number of aryl methyl sites for hydroxylation is 1. The second-order valence-electron chi connectivity index (χ2n) is 7.45. The minimum absolute atomic E-state index is 0.252. The molecular formula is C25H23NO4. The molecule has 5 nitrogen and oxygen atoms in total. The normalized spacial score (nSPS) is 12.3. The zero-order chi connectivity index (χ0) is 21.1. The van der Waals surface area contributed by atoms with E-state index in [4.69, 9.17) is 9.47 Å². The smallest absolute Gasteiger partial charge is 0.318 e. The minimum atomic E-state index is -0.624. The number of esters is 1. The van der Waals surface area contributed by atoms with Gasteiger partial charge in [0.15, 0.2) is 6.61 Å². The molecule has 0 radical (unpaired) electrons. The highest BCUT2D eigenvalue weighted by Crippen LogP contribution is 2.44. The van der Waals surface area contributed by atoms with Crippen molar-refractivity contribution in [2.75, 3.05) is 13.7 Å². The average molecular weight is 401 g/mol. The molecule has 152 valence electrons. The molecule has 0 fully saturated rings. The number of hydrogen-bond acceptors (Lipinski definition) is 4. The van der Waals surface area contributed by atoms with Crippen molar-refractivity contribution in [1.29, 1.82) is 0 Å². The first-order valence-corrected chi connectivity index (χ1v) is 9.85. The van der Waals surface area contributed by atoms with E-state index in [-0.39, 0.29) is 12.5 Å². The molecule has 0 unspecified atom stereocenters. The highest BCUT2D eigenvalue weighted by molar-refractivity contribution is 5.87. The monoisotopic (exact) mass is 401 g/mol. The molecule has 0 saturated carbocycles. The fourth-order valence-corrected chi connectivity index (χ4v) is 3.55. The maximum absolute atomic E-state index is 13.0. The molecule has 0 spiro atoms. The molecule has 0 saturated heterocycles. The Labute approximate surface area is 175 Å². The molecule has 3 aromatic carbocycles. The van der Waals surface area contributed by atoms with Gasteiger partial charge in [0.25, 0.3) is 5.91 Å². The summed E-state index contributed by atoms with van der Waals surface area (Å²) in [6.45, 7) is 2.17. The molecule has 1 aliphatic heterocycles. The van der Waals surface area contributed by atoms with Gasteiger partial charge in [-0.15, -0.1) is 0 Å². The van der Waals surface area contributed by atoms with Crippen molar-refractivity contribution in [3.63, 3.8) is 0 Å². The molecule has 0 N–H and O–H groups in total. The van der Waals surface area contributed by atoms with Crippen LogP contribution in [0.1, 0.15) is 28.2 Å². The fraction of sp³-hybridized carbons (Fsp3) is 0.200. The van der Waals surface area contributed by atoms with Crippen LogP contribution in [0.2, 0.25) is 0 Å². The Kier molecular flexibility index (Phi) is 5.53. The van der Waals surface area contributed by atoms with Crippen LogP contribution in [0.25, 0.3) is 0 Å². The predicted molar refractivity (Wildman–Crippen MR) is 113 cm³/mol. The summed E-state index contributed by atoms with van der Waals surface area (Å²) in [5.41, 5.74) is 3.66. The molecule has 1 amide bonds. The lowest BCUT2D eigenvalue weighted by molar-refractivity contribution is -0.152. The number of fused-ring (bicyclic) bond motifs is 2. The maximum Gasteiger partial charge on any atom is 0.318 e. The molecule has 0 aromatic heterocycles. The number of rotatable bonds is 5. The van der Waals surface area contributed by atoms with E-state index in [2.05, 4.69) is 0 Å². The first-order chi connectivity index (χ1) is 14.5. The number of ether oxygens (including phenoxy) is 2. The third-order valence-electron chi connectivity index (χ3n) is 5.22. The van der Waals surface area contributed by atoms with Gasteiger partial charge in [0.2, 0.25) is 0 Å². The number of benzene rings is 3. The Morgan fingerprint density at radius 3 is 2.07 bits per heavy atom. The topological polar surface area (TPSA) is 55.8 Å². The fourth-order valence-electron chi connectivity index (χ4n) is 3.55. The third-order valence-corrected chi connectivity index (χ3v) is 5.22. The third kappa shape index (κ3) is 4.06. The van der Waals surface area contributed by atoms with Gasteiger partial charge in [-0.1, -0.05) is 66.2 Å². The van der Waals surface area contributed by atoms with E-state index in [9.17, 15) is 9.59 Å². The first-order valence-electron chi connectivity index (χ1n) is 9.85. The Hall–Kier alpha value is -3.60. The SMILES string of the molecule is Cc1ccc(CN(C)C(=O)COC(=O)C2c3ccccc3Oc3ccccc32)cc1. The molecule has 0 bridgehead atoms. The Balaban J connectivity index is 1.45. The summed E-state index contributed by atoms with van der Waals surface area (Å²) in [7, 11) is 1.70. The Bertz CT molecular complexity index is 1030. The number of amides is 1. The van der Waals surface area contributed by atoms with Gasteiger partial charge in [-0.05, 0) is 24.6 Å². The Morgan fingerprint density at radius 2 is 1.47 bits per heavy atom. The van der Waals surface area contributed by atoms with Crippen LogP contribution in [0.4, 0.5) is 0 Å². The van der Waals surface area contributed by atoms with Gasteiger partial charge in [0.1, 0.15) is 17.4 Å². The van der Waals surface area contributed by atoms with Crippen LogP contribution >= 0.6 is 0 Å². The van der Waals surface area contributed by atoms with Gasteiger partial charge in [-0.25, -0.2) is 0 Å². The standard InChI is InChI=1S/C25H23NO4/c1-17-11-13-18(14-12-17)15-26(2)23(27)16-29-25(28)24-19-7-3-5-9-21(19)30-22-10-6-4-8-20(22)24/h3-14,24H,15-16H2,1-2H3. The molecule has 30 heavy (non-hydrogen) atoms. The van der Waals surface area contributed by atoms with E-state index >= 15 is 0 Å². The lowest BCUT2D eigenvalue weighted by Crippen LogP contribution is -2.32. The van der Waals surface area contributed by atoms with Crippen molar-refractivity contribution in [3.8, 4) is 11.5 Å². The largest absolute Gasteiger partial charge is 0.457 e. The van der Waals surface area contributed by atoms with Gasteiger partial charge in [-0.3, -0.25) is 9.59 Å². The van der Waals surface area contributed by atoms with Gasteiger partial charge >= 0.3 is 5.97 Å². The van der Waals surface area contributed by atoms with Crippen molar-refractivity contribution in [3.05, 3.63) is 95.1 Å². The molecule has 1 aliphatic rings. The molecule has 3 aromatic rings. The molecule has 1 heterocycles. The molecule has 0 aliphatic carbocycles. The van der Waals surface area contributed by atoms with E-state index in [1.807, 2.05) is 79.7 Å². The van der Waals surface area contributed by atoms with Crippen LogP contribution in [0.15, 0.2) is 72.8 Å². The second-order valence-corrected chi connectivity index (χ2v) is 7.45. The number of carbonyl (C=O) groups is 2.